The van der Waals surface area contributed by atoms with Crippen LogP contribution in [-0.4, -0.2) is 42.7 Å². The summed E-state index contributed by atoms with van der Waals surface area (Å²) in [4.78, 5) is 27.9. The fraction of sp³-hybridized carbons (Fsp3) is 0.312. The highest BCUT2D eigenvalue weighted by Crippen LogP contribution is 2.33. The topological polar surface area (TPSA) is 97.1 Å². The number of amides is 1. The molecule has 2 aromatic carbocycles. The van der Waals surface area contributed by atoms with Gasteiger partial charge < -0.3 is 14.1 Å². The van der Waals surface area contributed by atoms with Crippen molar-refractivity contribution in [2.24, 2.45) is 5.92 Å². The molecule has 2 heterocycles. The quantitative estimate of drug-likeness (QED) is 0.165. The Hall–Kier alpha value is -3.37. The third kappa shape index (κ3) is 7.41. The van der Waals surface area contributed by atoms with Crippen LogP contribution in [0.4, 0.5) is 0 Å². The van der Waals surface area contributed by atoms with Gasteiger partial charge in [-0.25, -0.2) is 13.2 Å². The second-order valence-corrected chi connectivity index (χ2v) is 13.5. The fourth-order valence-electron chi connectivity index (χ4n) is 4.71. The fourth-order valence-corrected chi connectivity index (χ4v) is 6.57. The van der Waals surface area contributed by atoms with Crippen LogP contribution in [0.15, 0.2) is 80.8 Å². The van der Waals surface area contributed by atoms with E-state index in [-0.39, 0.29) is 53.3 Å². The van der Waals surface area contributed by atoms with Crippen molar-refractivity contribution in [3.63, 3.8) is 0 Å². The molecule has 228 valence electrons. The predicted molar refractivity (Wildman–Crippen MR) is 167 cm³/mol. The second kappa shape index (κ2) is 13.5. The lowest BCUT2D eigenvalue weighted by atomic mass is 10.1. The molecule has 1 aliphatic rings. The zero-order valence-electron chi connectivity index (χ0n) is 24.7. The molecule has 11 heteroatoms. The third-order valence-corrected chi connectivity index (χ3v) is 9.25. The van der Waals surface area contributed by atoms with E-state index in [0.29, 0.717) is 33.6 Å². The molecule has 43 heavy (non-hydrogen) atoms. The lowest BCUT2D eigenvalue weighted by Gasteiger charge is -2.22. The van der Waals surface area contributed by atoms with Gasteiger partial charge in [0.15, 0.2) is 0 Å². The summed E-state index contributed by atoms with van der Waals surface area (Å²) in [5.74, 6) is -0.124. The maximum atomic E-state index is 13.8. The van der Waals surface area contributed by atoms with Gasteiger partial charge >= 0.3 is 5.97 Å². The number of benzene rings is 2. The largest absolute Gasteiger partial charge is 0.462 e. The number of aryl methyl sites for hydroxylation is 1. The first-order valence-electron chi connectivity index (χ1n) is 13.8. The summed E-state index contributed by atoms with van der Waals surface area (Å²) >= 11 is 12.5. The number of hydrogen-bond acceptors (Lipinski definition) is 6. The first-order chi connectivity index (χ1) is 20.3. The molecule has 0 unspecified atom stereocenters. The SMILES string of the molecule is CCOC(=O)C1=C(C)N(CC(C)C)C(=O)/C1=C/c1ccc(CN(Cc2ccc(Cl)cc2Cl)S(=O)(=O)c2ccc(C)cc2)o1. The van der Waals surface area contributed by atoms with Gasteiger partial charge in [0.05, 0.1) is 29.2 Å². The number of esters is 1. The van der Waals surface area contributed by atoms with E-state index in [1.165, 1.54) is 10.4 Å². The summed E-state index contributed by atoms with van der Waals surface area (Å²) in [6, 6.07) is 14.7. The molecule has 8 nitrogen and oxygen atoms in total. The van der Waals surface area contributed by atoms with Gasteiger partial charge in [0, 0.05) is 28.8 Å². The minimum Gasteiger partial charge on any atom is -0.462 e. The maximum absolute atomic E-state index is 13.8. The Balaban J connectivity index is 1.69. The number of halogens is 2. The van der Waals surface area contributed by atoms with Gasteiger partial charge in [0.25, 0.3) is 5.91 Å². The second-order valence-electron chi connectivity index (χ2n) is 10.7. The Morgan fingerprint density at radius 2 is 1.74 bits per heavy atom. The van der Waals surface area contributed by atoms with Gasteiger partial charge in [-0.2, -0.15) is 4.31 Å². The number of ether oxygens (including phenoxy) is 1. The highest BCUT2D eigenvalue weighted by molar-refractivity contribution is 7.89. The third-order valence-electron chi connectivity index (χ3n) is 6.86. The number of furan rings is 1. The number of carbonyl (C=O) groups excluding carboxylic acids is 2. The summed E-state index contributed by atoms with van der Waals surface area (Å²) in [5.41, 5.74) is 2.36. The maximum Gasteiger partial charge on any atom is 0.340 e. The van der Waals surface area contributed by atoms with E-state index >= 15 is 0 Å². The van der Waals surface area contributed by atoms with Gasteiger partial charge in [-0.05, 0) is 74.7 Å². The van der Waals surface area contributed by atoms with Crippen LogP contribution in [0.5, 0.6) is 0 Å². The van der Waals surface area contributed by atoms with E-state index in [1.807, 2.05) is 20.8 Å². The van der Waals surface area contributed by atoms with Gasteiger partial charge in [0.2, 0.25) is 10.0 Å². The highest BCUT2D eigenvalue weighted by Gasteiger charge is 2.37. The number of rotatable bonds is 11. The molecule has 0 radical (unpaired) electrons. The van der Waals surface area contributed by atoms with Crippen molar-refractivity contribution in [1.82, 2.24) is 9.21 Å². The molecule has 4 rings (SSSR count). The predicted octanol–water partition coefficient (Wildman–Crippen LogP) is 7.00. The van der Waals surface area contributed by atoms with E-state index in [9.17, 15) is 18.0 Å². The number of carbonyl (C=O) groups is 2. The summed E-state index contributed by atoms with van der Waals surface area (Å²) in [5, 5.41) is 0.770. The summed E-state index contributed by atoms with van der Waals surface area (Å²) in [6.45, 7) is 9.71. The van der Waals surface area contributed by atoms with Crippen LogP contribution in [-0.2, 0) is 37.4 Å². The van der Waals surface area contributed by atoms with Gasteiger partial charge in [-0.15, -0.1) is 0 Å². The molecule has 0 aliphatic carbocycles. The molecule has 0 N–H and O–H groups in total. The number of hydrogen-bond donors (Lipinski definition) is 0. The molecule has 1 aromatic heterocycles. The van der Waals surface area contributed by atoms with E-state index in [1.54, 1.807) is 73.3 Å². The smallest absolute Gasteiger partial charge is 0.340 e. The van der Waals surface area contributed by atoms with E-state index in [4.69, 9.17) is 32.4 Å². The lowest BCUT2D eigenvalue weighted by Crippen LogP contribution is -2.30. The van der Waals surface area contributed by atoms with Crippen LogP contribution in [0.25, 0.3) is 6.08 Å². The van der Waals surface area contributed by atoms with Crippen molar-refractivity contribution in [3.05, 3.63) is 104 Å². The summed E-state index contributed by atoms with van der Waals surface area (Å²) < 4.78 is 40.1. The van der Waals surface area contributed by atoms with Gasteiger partial charge in [-0.3, -0.25) is 4.79 Å². The highest BCUT2D eigenvalue weighted by atomic mass is 35.5. The molecule has 0 spiro atoms. The van der Waals surface area contributed by atoms with Crippen LogP contribution < -0.4 is 0 Å². The number of sulfonamides is 1. The van der Waals surface area contributed by atoms with Crippen molar-refractivity contribution >= 4 is 51.2 Å². The molecular weight excluding hydrogens is 611 g/mol. The van der Waals surface area contributed by atoms with Crippen LogP contribution >= 0.6 is 23.2 Å². The van der Waals surface area contributed by atoms with E-state index in [2.05, 4.69) is 0 Å². The molecule has 1 amide bonds. The minimum absolute atomic E-state index is 0.0408. The Morgan fingerprint density at radius 3 is 2.37 bits per heavy atom. The average Bonchev–Trinajstić information content (AvgIpc) is 3.47. The minimum atomic E-state index is -3.98. The summed E-state index contributed by atoms with van der Waals surface area (Å²) in [7, 11) is -3.98. The van der Waals surface area contributed by atoms with Crippen molar-refractivity contribution in [1.29, 1.82) is 0 Å². The van der Waals surface area contributed by atoms with Crippen molar-refractivity contribution < 1.29 is 27.2 Å². The molecule has 3 aromatic rings. The molecule has 0 saturated carbocycles. The van der Waals surface area contributed by atoms with Crippen molar-refractivity contribution in [3.8, 4) is 0 Å². The standard InChI is InChI=1S/C32H34Cl2N2O6S/c1-6-41-32(38)30-22(5)36(17-20(2)3)31(37)28(30)16-25-11-12-26(42-25)19-35(18-23-9-10-24(33)15-29(23)34)43(39,40)27-13-7-21(4)8-14-27/h7-16,20H,6,17-19H2,1-5H3/b28-16+. The molecule has 0 bridgehead atoms. The van der Waals surface area contributed by atoms with Crippen molar-refractivity contribution in [2.75, 3.05) is 13.2 Å². The van der Waals surface area contributed by atoms with Gasteiger partial charge in [0.1, 0.15) is 11.5 Å². The van der Waals surface area contributed by atoms with Crippen LogP contribution in [0.1, 0.15) is 50.3 Å². The molecule has 0 fully saturated rings. The van der Waals surface area contributed by atoms with Crippen molar-refractivity contribution in [2.45, 2.75) is 52.6 Å². The zero-order valence-corrected chi connectivity index (χ0v) is 27.0. The zero-order chi connectivity index (χ0) is 31.5. The Labute approximate surface area is 262 Å². The lowest BCUT2D eigenvalue weighted by molar-refractivity contribution is -0.138. The Morgan fingerprint density at radius 1 is 1.05 bits per heavy atom. The molecule has 0 saturated heterocycles. The Bertz CT molecular complexity index is 1690. The normalized spacial score (nSPS) is 15.0. The first-order valence-corrected chi connectivity index (χ1v) is 16.0. The average molecular weight is 646 g/mol. The monoisotopic (exact) mass is 644 g/mol. The molecule has 1 aliphatic heterocycles. The van der Waals surface area contributed by atoms with Crippen LogP contribution in [0.3, 0.4) is 0 Å². The number of allylic oxidation sites excluding steroid dienone is 1. The van der Waals surface area contributed by atoms with E-state index < -0.39 is 16.0 Å². The summed E-state index contributed by atoms with van der Waals surface area (Å²) in [6.07, 6.45) is 1.50. The van der Waals surface area contributed by atoms with Crippen LogP contribution in [0.2, 0.25) is 10.0 Å². The Kier molecular flexibility index (Phi) is 10.2. The first kappa shape index (κ1) is 32.5. The van der Waals surface area contributed by atoms with Gasteiger partial charge in [-0.1, -0.05) is 60.8 Å². The molecule has 0 atom stereocenters. The van der Waals surface area contributed by atoms with E-state index in [0.717, 1.165) is 5.56 Å². The molecular formula is C32H34Cl2N2O6S. The number of nitrogens with zero attached hydrogens (tertiary/aromatic N) is 2. The van der Waals surface area contributed by atoms with Crippen LogP contribution in [0, 0.1) is 12.8 Å².